The van der Waals surface area contributed by atoms with E-state index in [1.54, 1.807) is 94.9 Å². The lowest BCUT2D eigenvalue weighted by Gasteiger charge is -2.00. The Balaban J connectivity index is 0. The Bertz CT molecular complexity index is 1230. The van der Waals surface area contributed by atoms with E-state index in [1.807, 2.05) is 0 Å². The summed E-state index contributed by atoms with van der Waals surface area (Å²) in [6.45, 7) is 9.95. The Labute approximate surface area is 279 Å². The van der Waals surface area contributed by atoms with Gasteiger partial charge in [-0.25, -0.2) is 28.5 Å². The Kier molecular flexibility index (Phi) is 27.1. The van der Waals surface area contributed by atoms with Crippen LogP contribution in [-0.4, -0.2) is 85.5 Å². The molecule has 19 heteroatoms. The molecular formula is C29H43N3O14P2. The van der Waals surface area contributed by atoms with Crippen LogP contribution in [0.1, 0.15) is 72.2 Å². The molecule has 0 saturated carbocycles. The maximum atomic E-state index is 11.0. The number of esters is 3. The number of aromatic nitrogens is 3. The van der Waals surface area contributed by atoms with Gasteiger partial charge >= 0.3 is 33.6 Å². The normalized spacial score (nSPS) is 10.0. The third-order valence-corrected chi connectivity index (χ3v) is 5.39. The fraction of sp³-hybridized carbons (Fsp3) is 0.379. The number of rotatable bonds is 11. The van der Waals surface area contributed by atoms with E-state index < -0.39 is 15.6 Å². The van der Waals surface area contributed by atoms with Gasteiger partial charge in [0, 0.05) is 31.0 Å². The molecule has 3 aromatic heterocycles. The summed E-state index contributed by atoms with van der Waals surface area (Å²) in [6, 6.07) is 11.7. The van der Waals surface area contributed by atoms with Crippen LogP contribution in [0.2, 0.25) is 0 Å². The van der Waals surface area contributed by atoms with E-state index in [-0.39, 0.29) is 31.1 Å². The second-order valence-electron chi connectivity index (χ2n) is 8.09. The van der Waals surface area contributed by atoms with E-state index >= 15 is 0 Å². The summed E-state index contributed by atoms with van der Waals surface area (Å²) in [7, 11) is -8.35. The second-order valence-corrected chi connectivity index (χ2v) is 10.6. The number of pyridine rings is 3. The first-order valence-electron chi connectivity index (χ1n) is 14.3. The molecule has 0 saturated heterocycles. The van der Waals surface area contributed by atoms with Gasteiger partial charge in [-0.3, -0.25) is 19.0 Å². The summed E-state index contributed by atoms with van der Waals surface area (Å²) in [6.07, 6.45) is 8.40. The first-order valence-corrected chi connectivity index (χ1v) is 17.3. The maximum absolute atomic E-state index is 11.0. The first kappa shape index (κ1) is 46.2. The van der Waals surface area contributed by atoms with Gasteiger partial charge in [0.25, 0.3) is 0 Å². The SMILES string of the molecule is CCCOP(=O)(O)O.CCOC(=O)c1ccccn1.CCOC(=O)c1cccnc1.CCOC(=O)c1ccncc1.CCOP(=O)(O)O. The highest BCUT2D eigenvalue weighted by molar-refractivity contribution is 7.46. The molecule has 0 aliphatic heterocycles. The standard InChI is InChI=1S/3C8H9NO2.C3H9O4P.C2H7O4P/c1-2-11-8(10)7-3-5-9-6-4-7;1-2-11-8(10)7-4-3-5-9-6-7;1-2-11-8(10)7-5-3-4-6-9-7;1-2-3-7-8(4,5)6;1-2-6-7(3,4)5/h3*3-6H,2H2,1H3;2-3H2,1H3,(H2,4,5,6);2H2,1H3,(H2,3,4,5). The van der Waals surface area contributed by atoms with Crippen molar-refractivity contribution in [3.8, 4) is 0 Å². The Morgan fingerprint density at radius 2 is 1.15 bits per heavy atom. The molecule has 0 unspecified atom stereocenters. The average molecular weight is 720 g/mol. The third-order valence-electron chi connectivity index (χ3n) is 4.27. The molecule has 268 valence electrons. The van der Waals surface area contributed by atoms with Gasteiger partial charge in [-0.15, -0.1) is 0 Å². The Hall–Kier alpha value is -3.92. The summed E-state index contributed by atoms with van der Waals surface area (Å²) < 4.78 is 41.7. The zero-order valence-electron chi connectivity index (χ0n) is 27.3. The molecule has 48 heavy (non-hydrogen) atoms. The summed E-state index contributed by atoms with van der Waals surface area (Å²) in [5, 5.41) is 0. The molecule has 3 aromatic rings. The van der Waals surface area contributed by atoms with Gasteiger partial charge in [-0.1, -0.05) is 13.0 Å². The maximum Gasteiger partial charge on any atom is 0.469 e. The smallest absolute Gasteiger partial charge is 0.462 e. The molecule has 17 nitrogen and oxygen atoms in total. The highest BCUT2D eigenvalue weighted by atomic mass is 31.2. The number of phosphoric ester groups is 2. The summed E-state index contributed by atoms with van der Waals surface area (Å²) in [4.78, 5) is 76.2. The molecule has 0 atom stereocenters. The van der Waals surface area contributed by atoms with Crippen LogP contribution in [0.25, 0.3) is 0 Å². The van der Waals surface area contributed by atoms with Crippen molar-refractivity contribution in [3.63, 3.8) is 0 Å². The summed E-state index contributed by atoms with van der Waals surface area (Å²) in [5.74, 6) is -0.983. The number of hydrogen-bond acceptors (Lipinski definition) is 13. The number of phosphoric acid groups is 2. The van der Waals surface area contributed by atoms with Crippen LogP contribution in [0.15, 0.2) is 73.4 Å². The zero-order valence-corrected chi connectivity index (χ0v) is 29.1. The number of carbonyl (C=O) groups excluding carboxylic acids is 3. The molecule has 0 radical (unpaired) electrons. The van der Waals surface area contributed by atoms with E-state index in [2.05, 4.69) is 24.0 Å². The van der Waals surface area contributed by atoms with Crippen molar-refractivity contribution in [2.75, 3.05) is 33.0 Å². The fourth-order valence-corrected chi connectivity index (χ4v) is 3.22. The lowest BCUT2D eigenvalue weighted by Crippen LogP contribution is -2.05. The van der Waals surface area contributed by atoms with Crippen LogP contribution in [0.5, 0.6) is 0 Å². The lowest BCUT2D eigenvalue weighted by atomic mass is 10.3. The largest absolute Gasteiger partial charge is 0.469 e. The Morgan fingerprint density at radius 1 is 0.604 bits per heavy atom. The molecule has 4 N–H and O–H groups in total. The number of carbonyl (C=O) groups is 3. The third kappa shape index (κ3) is 28.3. The lowest BCUT2D eigenvalue weighted by molar-refractivity contribution is 0.0512. The molecule has 0 amide bonds. The molecule has 0 bridgehead atoms. The van der Waals surface area contributed by atoms with Crippen molar-refractivity contribution in [1.82, 2.24) is 15.0 Å². The van der Waals surface area contributed by atoms with E-state index in [9.17, 15) is 23.5 Å². The molecule has 0 aliphatic rings. The molecule has 0 spiro atoms. The molecule has 0 fully saturated rings. The fourth-order valence-electron chi connectivity index (χ4n) is 2.47. The van der Waals surface area contributed by atoms with Crippen molar-refractivity contribution in [2.45, 2.75) is 41.0 Å². The number of nitrogens with zero attached hydrogens (tertiary/aromatic N) is 3. The zero-order chi connectivity index (χ0) is 36.8. The predicted molar refractivity (Wildman–Crippen MR) is 173 cm³/mol. The highest BCUT2D eigenvalue weighted by Gasteiger charge is 2.11. The minimum atomic E-state index is -4.18. The van der Waals surface area contributed by atoms with Gasteiger partial charge in [0.2, 0.25) is 0 Å². The van der Waals surface area contributed by atoms with Crippen LogP contribution < -0.4 is 0 Å². The summed E-state index contributed by atoms with van der Waals surface area (Å²) in [5.41, 5.74) is 1.39. The van der Waals surface area contributed by atoms with Crippen LogP contribution in [0.4, 0.5) is 0 Å². The van der Waals surface area contributed by atoms with Crippen LogP contribution in [0.3, 0.4) is 0 Å². The van der Waals surface area contributed by atoms with Crippen LogP contribution >= 0.6 is 15.6 Å². The molecular weight excluding hydrogens is 676 g/mol. The highest BCUT2D eigenvalue weighted by Crippen LogP contribution is 2.35. The van der Waals surface area contributed by atoms with Crippen molar-refractivity contribution < 1.29 is 66.3 Å². The second kappa shape index (κ2) is 28.1. The van der Waals surface area contributed by atoms with Gasteiger partial charge in [0.05, 0.1) is 44.2 Å². The van der Waals surface area contributed by atoms with Gasteiger partial charge in [0.1, 0.15) is 5.69 Å². The minimum absolute atomic E-state index is 0.0459. The van der Waals surface area contributed by atoms with Crippen molar-refractivity contribution in [1.29, 1.82) is 0 Å². The van der Waals surface area contributed by atoms with Gasteiger partial charge in [-0.2, -0.15) is 0 Å². The van der Waals surface area contributed by atoms with E-state index in [4.69, 9.17) is 33.8 Å². The van der Waals surface area contributed by atoms with E-state index in [1.165, 1.54) is 13.1 Å². The Morgan fingerprint density at radius 3 is 1.52 bits per heavy atom. The molecule has 3 heterocycles. The van der Waals surface area contributed by atoms with Crippen molar-refractivity contribution in [2.24, 2.45) is 0 Å². The molecule has 0 aliphatic carbocycles. The average Bonchev–Trinajstić information content (AvgIpc) is 3.06. The quantitative estimate of drug-likeness (QED) is 0.122. The summed E-state index contributed by atoms with van der Waals surface area (Å²) >= 11 is 0. The van der Waals surface area contributed by atoms with Crippen LogP contribution in [0, 0.1) is 0 Å². The van der Waals surface area contributed by atoms with Crippen LogP contribution in [-0.2, 0) is 32.4 Å². The number of hydrogen-bond donors (Lipinski definition) is 4. The van der Waals surface area contributed by atoms with Gasteiger partial charge < -0.3 is 33.8 Å². The van der Waals surface area contributed by atoms with Gasteiger partial charge in [-0.05, 0) is 70.5 Å². The monoisotopic (exact) mass is 719 g/mol. The van der Waals surface area contributed by atoms with E-state index in [0.717, 1.165) is 0 Å². The van der Waals surface area contributed by atoms with E-state index in [0.29, 0.717) is 43.1 Å². The molecule has 3 rings (SSSR count). The van der Waals surface area contributed by atoms with Crippen molar-refractivity contribution >= 4 is 33.6 Å². The number of ether oxygens (including phenoxy) is 3. The first-order chi connectivity index (χ1) is 22.6. The molecule has 0 aromatic carbocycles. The van der Waals surface area contributed by atoms with Crippen molar-refractivity contribution in [3.05, 3.63) is 90.3 Å². The topological polar surface area (TPSA) is 251 Å². The minimum Gasteiger partial charge on any atom is -0.462 e. The van der Waals surface area contributed by atoms with Gasteiger partial charge in [0.15, 0.2) is 0 Å². The predicted octanol–water partition coefficient (Wildman–Crippen LogP) is 4.40.